The molecule has 1 fully saturated rings. The summed E-state index contributed by atoms with van der Waals surface area (Å²) in [6.07, 6.45) is 5.76. The minimum atomic E-state index is 0.146. The Bertz CT molecular complexity index is 848. The predicted molar refractivity (Wildman–Crippen MR) is 121 cm³/mol. The van der Waals surface area contributed by atoms with Crippen LogP contribution in [0, 0.1) is 11.3 Å². The highest BCUT2D eigenvalue weighted by molar-refractivity contribution is 9.10. The molecular weight excluding hydrogens is 464 g/mol. The Morgan fingerprint density at radius 3 is 1.67 bits per heavy atom. The van der Waals surface area contributed by atoms with E-state index < -0.39 is 0 Å². The fraction of sp³-hybridized carbons (Fsp3) is 0.292. The lowest BCUT2D eigenvalue weighted by atomic mass is 9.68. The Morgan fingerprint density at radius 2 is 1.30 bits per heavy atom. The van der Waals surface area contributed by atoms with E-state index in [1.807, 2.05) is 36.4 Å². The molecule has 27 heavy (non-hydrogen) atoms. The fourth-order valence-electron chi connectivity index (χ4n) is 3.45. The molecule has 1 aliphatic carbocycles. The van der Waals surface area contributed by atoms with E-state index in [1.165, 1.54) is 0 Å². The number of carbonyl (C=O) groups excluding carboxylic acids is 1. The molecule has 3 rings (SSSR count). The number of halogens is 2. The van der Waals surface area contributed by atoms with Gasteiger partial charge in [0, 0.05) is 20.1 Å². The van der Waals surface area contributed by atoms with Crippen molar-refractivity contribution in [3.8, 4) is 0 Å². The highest BCUT2D eigenvalue weighted by atomic mass is 79.9. The van der Waals surface area contributed by atoms with Crippen LogP contribution in [0.5, 0.6) is 0 Å². The van der Waals surface area contributed by atoms with Gasteiger partial charge in [0.1, 0.15) is 0 Å². The third-order valence-corrected chi connectivity index (χ3v) is 6.11. The average Bonchev–Trinajstić information content (AvgIpc) is 2.57. The van der Waals surface area contributed by atoms with Gasteiger partial charge in [-0.1, -0.05) is 76.9 Å². The lowest BCUT2D eigenvalue weighted by Crippen LogP contribution is -2.29. The van der Waals surface area contributed by atoms with Crippen LogP contribution in [0.4, 0.5) is 0 Å². The summed E-state index contributed by atoms with van der Waals surface area (Å²) >= 11 is 7.04. The van der Waals surface area contributed by atoms with Gasteiger partial charge in [0.05, 0.1) is 0 Å². The van der Waals surface area contributed by atoms with Crippen molar-refractivity contribution in [2.24, 2.45) is 11.3 Å². The molecule has 0 unspecified atom stereocenters. The van der Waals surface area contributed by atoms with Gasteiger partial charge in [-0.05, 0) is 71.7 Å². The zero-order chi connectivity index (χ0) is 19.6. The van der Waals surface area contributed by atoms with Crippen molar-refractivity contribution in [3.63, 3.8) is 0 Å². The first-order chi connectivity index (χ1) is 12.7. The van der Waals surface area contributed by atoms with Gasteiger partial charge in [-0.2, -0.15) is 0 Å². The van der Waals surface area contributed by atoms with E-state index in [1.54, 1.807) is 0 Å². The van der Waals surface area contributed by atoms with E-state index in [0.29, 0.717) is 5.92 Å². The quantitative estimate of drug-likeness (QED) is 0.396. The molecule has 0 radical (unpaired) electrons. The summed E-state index contributed by atoms with van der Waals surface area (Å²) < 4.78 is 2.05. The van der Waals surface area contributed by atoms with Crippen LogP contribution in [0.25, 0.3) is 12.2 Å². The number of allylic oxidation sites excluding steroid dienone is 2. The number of hydrogen-bond acceptors (Lipinski definition) is 1. The number of carbonyl (C=O) groups is 1. The molecule has 0 aliphatic heterocycles. The normalized spacial score (nSPS) is 21.1. The molecule has 0 atom stereocenters. The van der Waals surface area contributed by atoms with Crippen molar-refractivity contribution in [2.45, 2.75) is 33.6 Å². The molecule has 2 aromatic carbocycles. The van der Waals surface area contributed by atoms with E-state index in [0.717, 1.165) is 44.1 Å². The first-order valence-electron chi connectivity index (χ1n) is 9.19. The maximum Gasteiger partial charge on any atom is 0.185 e. The third-order valence-electron chi connectivity index (χ3n) is 5.12. The highest BCUT2D eigenvalue weighted by Crippen LogP contribution is 2.42. The highest BCUT2D eigenvalue weighted by Gasteiger charge is 2.34. The number of Topliss-reactive ketones (excluding diaryl/α,β-unsaturated/α-hetero) is 1. The Labute approximate surface area is 178 Å². The molecule has 0 aromatic heterocycles. The Balaban J connectivity index is 2.02. The molecule has 0 heterocycles. The van der Waals surface area contributed by atoms with Gasteiger partial charge < -0.3 is 0 Å². The molecule has 3 heteroatoms. The van der Waals surface area contributed by atoms with Crippen molar-refractivity contribution < 1.29 is 4.79 Å². The molecule has 140 valence electrons. The van der Waals surface area contributed by atoms with E-state index in [9.17, 15) is 4.79 Å². The van der Waals surface area contributed by atoms with Crippen molar-refractivity contribution >= 4 is 49.8 Å². The minimum Gasteiger partial charge on any atom is -0.289 e. The van der Waals surface area contributed by atoms with Crippen LogP contribution in [-0.2, 0) is 4.79 Å². The van der Waals surface area contributed by atoms with Crippen LogP contribution in [0.3, 0.4) is 0 Å². The smallest absolute Gasteiger partial charge is 0.185 e. The monoisotopic (exact) mass is 486 g/mol. The molecule has 0 spiro atoms. The Morgan fingerprint density at radius 1 is 0.852 bits per heavy atom. The maximum absolute atomic E-state index is 13.2. The van der Waals surface area contributed by atoms with Gasteiger partial charge in [-0.25, -0.2) is 0 Å². The molecule has 1 saturated carbocycles. The number of ketones is 1. The van der Waals surface area contributed by atoms with Gasteiger partial charge in [-0.3, -0.25) is 4.79 Å². The zero-order valence-electron chi connectivity index (χ0n) is 15.9. The summed E-state index contributed by atoms with van der Waals surface area (Å²) in [4.78, 5) is 13.2. The summed E-state index contributed by atoms with van der Waals surface area (Å²) in [6, 6.07) is 16.2. The molecule has 1 nitrogen and oxygen atoms in total. The minimum absolute atomic E-state index is 0.146. The van der Waals surface area contributed by atoms with E-state index in [2.05, 4.69) is 76.9 Å². The van der Waals surface area contributed by atoms with Crippen LogP contribution in [0.1, 0.15) is 44.7 Å². The number of benzene rings is 2. The first-order valence-corrected chi connectivity index (χ1v) is 10.8. The molecule has 0 saturated heterocycles. The van der Waals surface area contributed by atoms with Crippen molar-refractivity contribution in [1.82, 2.24) is 0 Å². The standard InChI is InChI=1S/C24H24Br2O/c1-24(2,3)20-14-18(10-16-6-4-8-21(25)12-16)23(27)19(15-20)11-17-7-5-9-22(26)13-17/h4-13,20H,14-15H2,1-3H3. The second-order valence-corrected chi connectivity index (χ2v) is 10.1. The maximum atomic E-state index is 13.2. The van der Waals surface area contributed by atoms with E-state index in [4.69, 9.17) is 0 Å². The van der Waals surface area contributed by atoms with Gasteiger partial charge in [0.2, 0.25) is 0 Å². The molecule has 0 amide bonds. The van der Waals surface area contributed by atoms with Crippen LogP contribution >= 0.6 is 31.9 Å². The summed E-state index contributed by atoms with van der Waals surface area (Å²) in [5, 5.41) is 0. The lowest BCUT2D eigenvalue weighted by Gasteiger charge is -2.35. The Kier molecular flexibility index (Phi) is 6.22. The average molecular weight is 488 g/mol. The third kappa shape index (κ3) is 5.30. The second-order valence-electron chi connectivity index (χ2n) is 8.25. The van der Waals surface area contributed by atoms with Gasteiger partial charge >= 0.3 is 0 Å². The largest absolute Gasteiger partial charge is 0.289 e. The van der Waals surface area contributed by atoms with Gasteiger partial charge in [0.25, 0.3) is 0 Å². The van der Waals surface area contributed by atoms with Gasteiger partial charge in [-0.15, -0.1) is 0 Å². The SMILES string of the molecule is CC(C)(C)C1CC(=Cc2cccc(Br)c2)C(=O)C(=Cc2cccc(Br)c2)C1. The zero-order valence-corrected chi connectivity index (χ0v) is 19.1. The summed E-state index contributed by atoms with van der Waals surface area (Å²) in [6.45, 7) is 6.79. The lowest BCUT2D eigenvalue weighted by molar-refractivity contribution is -0.113. The summed E-state index contributed by atoms with van der Waals surface area (Å²) in [7, 11) is 0. The first kappa shape index (κ1) is 20.3. The Hall–Kier alpha value is -1.45. The summed E-state index contributed by atoms with van der Waals surface area (Å²) in [5.41, 5.74) is 4.07. The van der Waals surface area contributed by atoms with Crippen molar-refractivity contribution in [3.05, 3.63) is 79.7 Å². The number of rotatable bonds is 2. The number of hydrogen-bond donors (Lipinski definition) is 0. The van der Waals surface area contributed by atoms with Crippen LogP contribution in [0.2, 0.25) is 0 Å². The molecule has 0 bridgehead atoms. The molecule has 0 N–H and O–H groups in total. The van der Waals surface area contributed by atoms with Crippen LogP contribution < -0.4 is 0 Å². The van der Waals surface area contributed by atoms with Crippen molar-refractivity contribution in [2.75, 3.05) is 0 Å². The van der Waals surface area contributed by atoms with Crippen LogP contribution in [0.15, 0.2) is 68.6 Å². The summed E-state index contributed by atoms with van der Waals surface area (Å²) in [5.74, 6) is 0.613. The van der Waals surface area contributed by atoms with E-state index in [-0.39, 0.29) is 11.2 Å². The van der Waals surface area contributed by atoms with E-state index >= 15 is 0 Å². The van der Waals surface area contributed by atoms with Gasteiger partial charge in [0.15, 0.2) is 5.78 Å². The fourth-order valence-corrected chi connectivity index (χ4v) is 4.29. The second kappa shape index (κ2) is 8.28. The molecule has 1 aliphatic rings. The predicted octanol–water partition coefficient (Wildman–Crippen LogP) is 7.70. The topological polar surface area (TPSA) is 17.1 Å². The van der Waals surface area contributed by atoms with Crippen LogP contribution in [-0.4, -0.2) is 5.78 Å². The molecular formula is C24H24Br2O. The van der Waals surface area contributed by atoms with Crippen molar-refractivity contribution in [1.29, 1.82) is 0 Å². The molecule has 2 aromatic rings.